The maximum absolute atomic E-state index is 13.3. The second-order valence-electron chi connectivity index (χ2n) is 10.6. The average molecular weight is 468 g/mol. The summed E-state index contributed by atoms with van der Waals surface area (Å²) in [7, 11) is 0. The minimum absolute atomic E-state index is 0.0269. The molecule has 0 saturated carbocycles. The minimum atomic E-state index is -0.676. The van der Waals surface area contributed by atoms with Gasteiger partial charge in [-0.1, -0.05) is 98.6 Å². The third-order valence-electron chi connectivity index (χ3n) is 6.80. The fourth-order valence-corrected chi connectivity index (χ4v) is 4.58. The lowest BCUT2D eigenvalue weighted by Gasteiger charge is -2.27. The molecule has 1 fully saturated rings. The first-order chi connectivity index (χ1) is 16.5. The number of amides is 1. The molecule has 0 spiro atoms. The molecular formula is C31H33NO3. The highest BCUT2D eigenvalue weighted by Crippen LogP contribution is 2.41. The van der Waals surface area contributed by atoms with Crippen LogP contribution in [0.1, 0.15) is 65.8 Å². The first kappa shape index (κ1) is 24.5. The summed E-state index contributed by atoms with van der Waals surface area (Å²) >= 11 is 0. The van der Waals surface area contributed by atoms with Crippen molar-refractivity contribution in [2.24, 2.45) is 0 Å². The van der Waals surface area contributed by atoms with Gasteiger partial charge in [-0.2, -0.15) is 0 Å². The molecule has 4 nitrogen and oxygen atoms in total. The molecule has 4 heteroatoms. The molecule has 0 bridgehead atoms. The van der Waals surface area contributed by atoms with Gasteiger partial charge in [0.15, 0.2) is 0 Å². The van der Waals surface area contributed by atoms with Gasteiger partial charge in [-0.15, -0.1) is 0 Å². The molecule has 3 aromatic rings. The third kappa shape index (κ3) is 4.79. The Morgan fingerprint density at radius 3 is 2.06 bits per heavy atom. The first-order valence-corrected chi connectivity index (χ1v) is 12.0. The molecular weight excluding hydrogens is 434 g/mol. The number of Topliss-reactive ketones (excluding diaryl/α,β-unsaturated/α-hetero) is 1. The van der Waals surface area contributed by atoms with E-state index in [4.69, 9.17) is 0 Å². The maximum Gasteiger partial charge on any atom is 0.295 e. The lowest BCUT2D eigenvalue weighted by Crippen LogP contribution is -2.29. The van der Waals surface area contributed by atoms with Crippen molar-refractivity contribution < 1.29 is 14.7 Å². The summed E-state index contributed by atoms with van der Waals surface area (Å²) in [6, 6.07) is 20.8. The van der Waals surface area contributed by atoms with E-state index in [1.54, 1.807) is 17.0 Å². The van der Waals surface area contributed by atoms with Gasteiger partial charge in [-0.25, -0.2) is 0 Å². The molecule has 1 amide bonds. The van der Waals surface area contributed by atoms with Gasteiger partial charge in [0.25, 0.3) is 11.7 Å². The quantitative estimate of drug-likeness (QED) is 0.270. The first-order valence-electron chi connectivity index (χ1n) is 12.0. The van der Waals surface area contributed by atoms with Crippen LogP contribution < -0.4 is 0 Å². The standard InChI is InChI=1S/C31H33NO3/c1-19-8-11-23(12-9-19)28(33)26-27(22-13-15-25(16-14-22)31(4,5)6)32(30(35)29(26)34)18-24-17-20(2)7-10-21(24)3/h7-17,27,33H,18H2,1-6H3/b28-26-. The number of hydrogen-bond acceptors (Lipinski definition) is 3. The van der Waals surface area contributed by atoms with Crippen LogP contribution in [-0.4, -0.2) is 21.7 Å². The highest BCUT2D eigenvalue weighted by molar-refractivity contribution is 6.46. The highest BCUT2D eigenvalue weighted by Gasteiger charge is 2.46. The molecule has 1 atom stereocenters. The number of aliphatic hydroxyl groups is 1. The number of rotatable bonds is 4. The second-order valence-corrected chi connectivity index (χ2v) is 10.6. The van der Waals surface area contributed by atoms with Crippen molar-refractivity contribution >= 4 is 17.4 Å². The lowest BCUT2D eigenvalue weighted by atomic mass is 9.85. The van der Waals surface area contributed by atoms with Gasteiger partial charge < -0.3 is 10.0 Å². The van der Waals surface area contributed by atoms with Gasteiger partial charge in [-0.3, -0.25) is 9.59 Å². The Morgan fingerprint density at radius 2 is 1.46 bits per heavy atom. The number of benzene rings is 3. The number of likely N-dealkylation sites (tertiary alicyclic amines) is 1. The maximum atomic E-state index is 13.3. The number of aryl methyl sites for hydroxylation is 3. The van der Waals surface area contributed by atoms with Crippen LogP contribution in [-0.2, 0) is 21.5 Å². The van der Waals surface area contributed by atoms with Crippen molar-refractivity contribution in [1.82, 2.24) is 4.90 Å². The second kappa shape index (κ2) is 9.18. The van der Waals surface area contributed by atoms with Crippen molar-refractivity contribution in [3.05, 3.63) is 111 Å². The summed E-state index contributed by atoms with van der Waals surface area (Å²) in [5.41, 5.74) is 6.77. The largest absolute Gasteiger partial charge is 0.507 e. The van der Waals surface area contributed by atoms with Crippen LogP contribution >= 0.6 is 0 Å². The molecule has 0 aromatic heterocycles. The predicted molar refractivity (Wildman–Crippen MR) is 140 cm³/mol. The molecule has 1 saturated heterocycles. The van der Waals surface area contributed by atoms with Gasteiger partial charge in [0, 0.05) is 12.1 Å². The van der Waals surface area contributed by atoms with Crippen LogP contribution in [0.4, 0.5) is 0 Å². The van der Waals surface area contributed by atoms with Crippen molar-refractivity contribution in [3.8, 4) is 0 Å². The Kier molecular flexibility index (Phi) is 6.42. The zero-order valence-corrected chi connectivity index (χ0v) is 21.3. The van der Waals surface area contributed by atoms with E-state index >= 15 is 0 Å². The molecule has 1 heterocycles. The van der Waals surface area contributed by atoms with Crippen LogP contribution in [0.25, 0.3) is 5.76 Å². The molecule has 35 heavy (non-hydrogen) atoms. The smallest absolute Gasteiger partial charge is 0.295 e. The van der Waals surface area contributed by atoms with Crippen LogP contribution in [0.15, 0.2) is 72.3 Å². The SMILES string of the molecule is Cc1ccc(/C(O)=C2/C(=O)C(=O)N(Cc3cc(C)ccc3C)C2c2ccc(C(C)(C)C)cc2)cc1. The van der Waals surface area contributed by atoms with Crippen molar-refractivity contribution in [2.75, 3.05) is 0 Å². The van der Waals surface area contributed by atoms with Crippen LogP contribution in [0.5, 0.6) is 0 Å². The molecule has 0 aliphatic carbocycles. The summed E-state index contributed by atoms with van der Waals surface area (Å²) in [4.78, 5) is 28.3. The lowest BCUT2D eigenvalue weighted by molar-refractivity contribution is -0.140. The molecule has 1 aliphatic heterocycles. The fourth-order valence-electron chi connectivity index (χ4n) is 4.58. The number of nitrogens with zero attached hydrogens (tertiary/aromatic N) is 1. The monoisotopic (exact) mass is 467 g/mol. The number of aliphatic hydroxyl groups excluding tert-OH is 1. The van der Waals surface area contributed by atoms with Gasteiger partial charge >= 0.3 is 0 Å². The van der Waals surface area contributed by atoms with E-state index < -0.39 is 17.7 Å². The van der Waals surface area contributed by atoms with Crippen molar-refractivity contribution in [2.45, 2.75) is 59.5 Å². The highest BCUT2D eigenvalue weighted by atomic mass is 16.3. The van der Waals surface area contributed by atoms with Gasteiger partial charge in [0.1, 0.15) is 5.76 Å². The van der Waals surface area contributed by atoms with E-state index in [1.165, 1.54) is 0 Å². The fraction of sp³-hybridized carbons (Fsp3) is 0.290. The Bertz CT molecular complexity index is 1310. The van der Waals surface area contributed by atoms with Gasteiger partial charge in [0.2, 0.25) is 0 Å². The molecule has 1 unspecified atom stereocenters. The summed E-state index contributed by atoms with van der Waals surface area (Å²) in [6.07, 6.45) is 0. The Morgan fingerprint density at radius 1 is 0.857 bits per heavy atom. The number of carbonyl (C=O) groups is 2. The van der Waals surface area contributed by atoms with Crippen LogP contribution in [0.3, 0.4) is 0 Å². The summed E-state index contributed by atoms with van der Waals surface area (Å²) < 4.78 is 0. The van der Waals surface area contributed by atoms with Crippen molar-refractivity contribution in [3.63, 3.8) is 0 Å². The summed E-state index contributed by atoms with van der Waals surface area (Å²) in [5.74, 6) is -1.39. The van der Waals surface area contributed by atoms with Crippen LogP contribution in [0, 0.1) is 20.8 Å². The zero-order chi connectivity index (χ0) is 25.5. The molecule has 4 rings (SSSR count). The Hall–Kier alpha value is -3.66. The van der Waals surface area contributed by atoms with Gasteiger partial charge in [0.05, 0.1) is 11.6 Å². The molecule has 0 radical (unpaired) electrons. The van der Waals surface area contributed by atoms with Gasteiger partial charge in [-0.05, 0) is 48.4 Å². The number of carbonyl (C=O) groups excluding carboxylic acids is 2. The molecule has 1 aliphatic rings. The molecule has 1 N–H and O–H groups in total. The Labute approximate surface area is 207 Å². The van der Waals surface area contributed by atoms with E-state index in [-0.39, 0.29) is 23.3 Å². The van der Waals surface area contributed by atoms with E-state index in [0.29, 0.717) is 5.56 Å². The van der Waals surface area contributed by atoms with E-state index in [1.807, 2.05) is 75.4 Å². The zero-order valence-electron chi connectivity index (χ0n) is 21.3. The average Bonchev–Trinajstić information content (AvgIpc) is 3.06. The van der Waals surface area contributed by atoms with Crippen LogP contribution in [0.2, 0.25) is 0 Å². The van der Waals surface area contributed by atoms with Crippen molar-refractivity contribution in [1.29, 1.82) is 0 Å². The predicted octanol–water partition coefficient (Wildman–Crippen LogP) is 6.53. The topological polar surface area (TPSA) is 57.6 Å². The molecule has 180 valence electrons. The van der Waals surface area contributed by atoms with E-state index in [9.17, 15) is 14.7 Å². The number of ketones is 1. The molecule has 3 aromatic carbocycles. The van der Waals surface area contributed by atoms with E-state index in [2.05, 4.69) is 20.8 Å². The Balaban J connectivity index is 1.87. The summed E-state index contributed by atoms with van der Waals surface area (Å²) in [6.45, 7) is 12.7. The summed E-state index contributed by atoms with van der Waals surface area (Å²) in [5, 5.41) is 11.3. The van der Waals surface area contributed by atoms with E-state index in [0.717, 1.165) is 33.4 Å². The minimum Gasteiger partial charge on any atom is -0.507 e. The normalized spacial score (nSPS) is 17.8. The third-order valence-corrected chi connectivity index (χ3v) is 6.80. The number of hydrogen-bond donors (Lipinski definition) is 1.